The highest BCUT2D eigenvalue weighted by atomic mass is 19.1. The Kier molecular flexibility index (Phi) is 4.63. The van der Waals surface area contributed by atoms with E-state index in [-0.39, 0.29) is 6.54 Å². The average molecular weight is 265 g/mol. The summed E-state index contributed by atoms with van der Waals surface area (Å²) in [7, 11) is 0. The molecule has 0 unspecified atom stereocenters. The Balaban J connectivity index is 2.10. The summed E-state index contributed by atoms with van der Waals surface area (Å²) in [6.07, 6.45) is 2.72. The SMILES string of the molecule is CCCNCc1ccnn1Cc1cc(F)ccc1F. The van der Waals surface area contributed by atoms with Crippen molar-refractivity contribution < 1.29 is 8.78 Å². The predicted molar refractivity (Wildman–Crippen MR) is 69.7 cm³/mol. The second-order valence-electron chi connectivity index (χ2n) is 4.39. The minimum atomic E-state index is -0.436. The number of aromatic nitrogens is 2. The Bertz CT molecular complexity index is 537. The van der Waals surface area contributed by atoms with Gasteiger partial charge in [-0.15, -0.1) is 0 Å². The van der Waals surface area contributed by atoms with Crippen molar-refractivity contribution in [3.05, 3.63) is 53.4 Å². The molecule has 0 fully saturated rings. The van der Waals surface area contributed by atoms with Gasteiger partial charge in [0.25, 0.3) is 0 Å². The van der Waals surface area contributed by atoms with E-state index in [4.69, 9.17) is 0 Å². The zero-order valence-corrected chi connectivity index (χ0v) is 10.9. The molecule has 19 heavy (non-hydrogen) atoms. The van der Waals surface area contributed by atoms with Crippen molar-refractivity contribution in [1.29, 1.82) is 0 Å². The summed E-state index contributed by atoms with van der Waals surface area (Å²) in [5.74, 6) is -0.849. The lowest BCUT2D eigenvalue weighted by molar-refractivity contribution is 0.549. The number of nitrogens with zero attached hydrogens (tertiary/aromatic N) is 2. The second kappa shape index (κ2) is 6.43. The first kappa shape index (κ1) is 13.7. The third-order valence-corrected chi connectivity index (χ3v) is 2.87. The van der Waals surface area contributed by atoms with Gasteiger partial charge < -0.3 is 5.32 Å². The van der Waals surface area contributed by atoms with E-state index in [2.05, 4.69) is 17.3 Å². The molecule has 0 aliphatic rings. The highest BCUT2D eigenvalue weighted by Crippen LogP contribution is 2.12. The first-order chi connectivity index (χ1) is 9.20. The summed E-state index contributed by atoms with van der Waals surface area (Å²) in [6, 6.07) is 5.34. The molecule has 102 valence electrons. The zero-order valence-electron chi connectivity index (χ0n) is 10.9. The van der Waals surface area contributed by atoms with Gasteiger partial charge in [-0.05, 0) is 37.2 Å². The zero-order chi connectivity index (χ0) is 13.7. The number of hydrogen-bond acceptors (Lipinski definition) is 2. The molecule has 1 aromatic carbocycles. The summed E-state index contributed by atoms with van der Waals surface area (Å²) in [6.45, 7) is 3.91. The van der Waals surface area contributed by atoms with Gasteiger partial charge in [0, 0.05) is 18.3 Å². The molecule has 3 nitrogen and oxygen atoms in total. The Morgan fingerprint density at radius 1 is 1.26 bits per heavy atom. The van der Waals surface area contributed by atoms with Gasteiger partial charge in [0.2, 0.25) is 0 Å². The first-order valence-electron chi connectivity index (χ1n) is 6.36. The molecule has 0 atom stereocenters. The van der Waals surface area contributed by atoms with Crippen molar-refractivity contribution in [1.82, 2.24) is 15.1 Å². The van der Waals surface area contributed by atoms with Crippen LogP contribution in [0.5, 0.6) is 0 Å². The van der Waals surface area contributed by atoms with Crippen LogP contribution in [-0.4, -0.2) is 16.3 Å². The molecule has 1 aromatic heterocycles. The Hall–Kier alpha value is -1.75. The topological polar surface area (TPSA) is 29.9 Å². The number of rotatable bonds is 6. The van der Waals surface area contributed by atoms with E-state index in [0.29, 0.717) is 12.1 Å². The lowest BCUT2D eigenvalue weighted by Crippen LogP contribution is -2.18. The highest BCUT2D eigenvalue weighted by molar-refractivity contribution is 5.19. The number of benzene rings is 1. The van der Waals surface area contributed by atoms with Crippen LogP contribution >= 0.6 is 0 Å². The van der Waals surface area contributed by atoms with Gasteiger partial charge in [-0.25, -0.2) is 8.78 Å². The van der Waals surface area contributed by atoms with Crippen LogP contribution in [0.1, 0.15) is 24.6 Å². The van der Waals surface area contributed by atoms with Crippen LogP contribution < -0.4 is 5.32 Å². The molecule has 5 heteroatoms. The molecule has 0 saturated carbocycles. The van der Waals surface area contributed by atoms with Gasteiger partial charge >= 0.3 is 0 Å². The van der Waals surface area contributed by atoms with E-state index in [1.165, 1.54) is 6.07 Å². The Morgan fingerprint density at radius 2 is 2.11 bits per heavy atom. The summed E-state index contributed by atoms with van der Waals surface area (Å²) >= 11 is 0. The van der Waals surface area contributed by atoms with E-state index in [1.54, 1.807) is 10.9 Å². The Labute approximate surface area is 111 Å². The maximum absolute atomic E-state index is 13.6. The standard InChI is InChI=1S/C14H17F2N3/c1-2-6-17-9-13-5-7-18-19(13)10-11-8-12(15)3-4-14(11)16/h3-5,7-8,17H,2,6,9-10H2,1H3. The predicted octanol–water partition coefficient (Wildman–Crippen LogP) is 2.71. The first-order valence-corrected chi connectivity index (χ1v) is 6.36. The minimum absolute atomic E-state index is 0.236. The molecule has 0 radical (unpaired) electrons. The number of nitrogens with one attached hydrogen (secondary N) is 1. The smallest absolute Gasteiger partial charge is 0.128 e. The molecule has 0 saturated heterocycles. The molecule has 1 N–H and O–H groups in total. The van der Waals surface area contributed by atoms with Gasteiger partial charge in [0.1, 0.15) is 11.6 Å². The minimum Gasteiger partial charge on any atom is -0.311 e. The normalized spacial score (nSPS) is 10.9. The quantitative estimate of drug-likeness (QED) is 0.814. The molecule has 2 rings (SSSR count). The molecular weight excluding hydrogens is 248 g/mol. The van der Waals surface area contributed by atoms with Gasteiger partial charge in [-0.2, -0.15) is 5.10 Å². The molecule has 0 aliphatic heterocycles. The van der Waals surface area contributed by atoms with Crippen LogP contribution in [0.15, 0.2) is 30.5 Å². The van der Waals surface area contributed by atoms with Crippen molar-refractivity contribution in [2.75, 3.05) is 6.54 Å². The van der Waals surface area contributed by atoms with Crippen LogP contribution in [0.4, 0.5) is 8.78 Å². The van der Waals surface area contributed by atoms with E-state index in [0.717, 1.165) is 30.8 Å². The summed E-state index contributed by atoms with van der Waals surface area (Å²) in [4.78, 5) is 0. The maximum Gasteiger partial charge on any atom is 0.128 e. The monoisotopic (exact) mass is 265 g/mol. The molecule has 2 aromatic rings. The van der Waals surface area contributed by atoms with Crippen LogP contribution in [0.25, 0.3) is 0 Å². The van der Waals surface area contributed by atoms with Crippen LogP contribution in [0.2, 0.25) is 0 Å². The highest BCUT2D eigenvalue weighted by Gasteiger charge is 2.08. The van der Waals surface area contributed by atoms with Crippen LogP contribution in [0.3, 0.4) is 0 Å². The van der Waals surface area contributed by atoms with Crippen LogP contribution in [-0.2, 0) is 13.1 Å². The summed E-state index contributed by atoms with van der Waals surface area (Å²) in [5.41, 5.74) is 1.26. The van der Waals surface area contributed by atoms with Gasteiger partial charge in [0.15, 0.2) is 0 Å². The molecular formula is C14H17F2N3. The fourth-order valence-electron chi connectivity index (χ4n) is 1.87. The largest absolute Gasteiger partial charge is 0.311 e. The van der Waals surface area contributed by atoms with Crippen molar-refractivity contribution in [2.45, 2.75) is 26.4 Å². The number of halogens is 2. The van der Waals surface area contributed by atoms with Gasteiger partial charge in [0.05, 0.1) is 12.2 Å². The maximum atomic E-state index is 13.6. The van der Waals surface area contributed by atoms with Gasteiger partial charge in [-0.1, -0.05) is 6.92 Å². The summed E-state index contributed by atoms with van der Waals surface area (Å²) < 4.78 is 28.4. The lowest BCUT2D eigenvalue weighted by Gasteiger charge is -2.09. The van der Waals surface area contributed by atoms with Crippen molar-refractivity contribution in [3.8, 4) is 0 Å². The molecule has 0 amide bonds. The van der Waals surface area contributed by atoms with E-state index in [1.807, 2.05) is 6.07 Å². The Morgan fingerprint density at radius 3 is 2.89 bits per heavy atom. The van der Waals surface area contributed by atoms with Gasteiger partial charge in [-0.3, -0.25) is 4.68 Å². The van der Waals surface area contributed by atoms with E-state index >= 15 is 0 Å². The molecule has 1 heterocycles. The fraction of sp³-hybridized carbons (Fsp3) is 0.357. The summed E-state index contributed by atoms with van der Waals surface area (Å²) in [5, 5.41) is 7.41. The van der Waals surface area contributed by atoms with Crippen molar-refractivity contribution in [3.63, 3.8) is 0 Å². The molecule has 0 spiro atoms. The third-order valence-electron chi connectivity index (χ3n) is 2.87. The third kappa shape index (κ3) is 3.61. The second-order valence-corrected chi connectivity index (χ2v) is 4.39. The molecule has 0 bridgehead atoms. The number of hydrogen-bond donors (Lipinski definition) is 1. The average Bonchev–Trinajstić information content (AvgIpc) is 2.82. The lowest BCUT2D eigenvalue weighted by atomic mass is 10.2. The fourth-order valence-corrected chi connectivity index (χ4v) is 1.87. The van der Waals surface area contributed by atoms with Crippen molar-refractivity contribution >= 4 is 0 Å². The van der Waals surface area contributed by atoms with Crippen molar-refractivity contribution in [2.24, 2.45) is 0 Å². The van der Waals surface area contributed by atoms with E-state index < -0.39 is 11.6 Å². The van der Waals surface area contributed by atoms with E-state index in [9.17, 15) is 8.78 Å². The van der Waals surface area contributed by atoms with Crippen LogP contribution in [0, 0.1) is 11.6 Å². The molecule has 0 aliphatic carbocycles.